The van der Waals surface area contributed by atoms with E-state index in [2.05, 4.69) is 10.3 Å². The first-order valence-electron chi connectivity index (χ1n) is 10.1. The molecule has 1 amide bonds. The first-order chi connectivity index (χ1) is 14.8. The molecule has 0 saturated carbocycles. The number of nitrogens with one attached hydrogen (secondary N) is 1. The third-order valence-corrected chi connectivity index (χ3v) is 5.82. The van der Waals surface area contributed by atoms with Crippen LogP contribution in [0.3, 0.4) is 0 Å². The van der Waals surface area contributed by atoms with E-state index in [9.17, 15) is 9.59 Å². The Morgan fingerprint density at radius 2 is 2.03 bits per heavy atom. The monoisotopic (exact) mass is 459 g/mol. The number of nitrogens with zero attached hydrogens (tertiary/aromatic N) is 2. The van der Waals surface area contributed by atoms with Gasteiger partial charge in [-0.05, 0) is 57.0 Å². The Labute approximate surface area is 191 Å². The second-order valence-corrected chi connectivity index (χ2v) is 8.82. The van der Waals surface area contributed by atoms with E-state index in [0.717, 1.165) is 11.3 Å². The molecular weight excluding hydrogens is 434 g/mol. The van der Waals surface area contributed by atoms with E-state index in [-0.39, 0.29) is 23.3 Å². The van der Waals surface area contributed by atoms with Crippen molar-refractivity contribution in [2.45, 2.75) is 45.0 Å². The van der Waals surface area contributed by atoms with Gasteiger partial charge in [-0.1, -0.05) is 41.6 Å². The molecule has 0 bridgehead atoms. The lowest BCUT2D eigenvalue weighted by Crippen LogP contribution is -2.25. The maximum Gasteiger partial charge on any atom is 0.262 e. The van der Waals surface area contributed by atoms with Crippen molar-refractivity contribution in [3.05, 3.63) is 63.4 Å². The zero-order chi connectivity index (χ0) is 22.4. The van der Waals surface area contributed by atoms with Gasteiger partial charge in [0, 0.05) is 23.9 Å². The Kier molecular flexibility index (Phi) is 8.12. The molecule has 0 atom stereocenters. The summed E-state index contributed by atoms with van der Waals surface area (Å²) in [6.45, 7) is 6.89. The average molecular weight is 460 g/mol. The molecule has 0 fully saturated rings. The van der Waals surface area contributed by atoms with Crippen LogP contribution in [-0.4, -0.2) is 33.9 Å². The fourth-order valence-electron chi connectivity index (χ4n) is 3.05. The van der Waals surface area contributed by atoms with Crippen LogP contribution < -0.4 is 10.9 Å². The van der Waals surface area contributed by atoms with Crippen LogP contribution in [0.5, 0.6) is 0 Å². The molecule has 6 nitrogen and oxygen atoms in total. The summed E-state index contributed by atoms with van der Waals surface area (Å²) in [5.41, 5.74) is 2.14. The van der Waals surface area contributed by atoms with Gasteiger partial charge < -0.3 is 10.1 Å². The topological polar surface area (TPSA) is 73.2 Å². The summed E-state index contributed by atoms with van der Waals surface area (Å²) < 4.78 is 7.21. The van der Waals surface area contributed by atoms with Gasteiger partial charge in [-0.3, -0.25) is 14.2 Å². The number of halogens is 1. The van der Waals surface area contributed by atoms with Crippen molar-refractivity contribution in [1.82, 2.24) is 9.55 Å². The molecule has 31 heavy (non-hydrogen) atoms. The van der Waals surface area contributed by atoms with Gasteiger partial charge in [-0.2, -0.15) is 0 Å². The SMILES string of the molecule is Cc1ccccc1NC(=O)CSc1nc2cc(Cl)ccc2c(=O)n1CCCOC(C)C. The lowest BCUT2D eigenvalue weighted by atomic mass is 10.2. The van der Waals surface area contributed by atoms with Crippen LogP contribution in [0.15, 0.2) is 52.4 Å². The Bertz CT molecular complexity index is 1130. The number of anilines is 1. The fraction of sp³-hybridized carbons (Fsp3) is 0.348. The quantitative estimate of drug-likeness (QED) is 0.280. The highest BCUT2D eigenvalue weighted by atomic mass is 35.5. The molecule has 0 aliphatic heterocycles. The molecule has 3 rings (SSSR count). The second kappa shape index (κ2) is 10.8. The predicted octanol–water partition coefficient (Wildman–Crippen LogP) is 4.90. The molecule has 2 aromatic carbocycles. The molecule has 0 unspecified atom stereocenters. The van der Waals surface area contributed by atoms with Crippen LogP contribution in [-0.2, 0) is 16.1 Å². The predicted molar refractivity (Wildman–Crippen MR) is 127 cm³/mol. The summed E-state index contributed by atoms with van der Waals surface area (Å²) in [7, 11) is 0. The number of rotatable bonds is 9. The first kappa shape index (κ1) is 23.3. The summed E-state index contributed by atoms with van der Waals surface area (Å²) in [5, 5.41) is 4.41. The summed E-state index contributed by atoms with van der Waals surface area (Å²) in [6, 6.07) is 12.6. The van der Waals surface area contributed by atoms with E-state index >= 15 is 0 Å². The van der Waals surface area contributed by atoms with E-state index in [1.807, 2.05) is 45.0 Å². The van der Waals surface area contributed by atoms with Gasteiger partial charge in [-0.15, -0.1) is 0 Å². The molecule has 164 valence electrons. The van der Waals surface area contributed by atoms with E-state index in [1.165, 1.54) is 11.8 Å². The Hall–Kier alpha value is -2.35. The van der Waals surface area contributed by atoms with Crippen molar-refractivity contribution in [2.24, 2.45) is 0 Å². The number of aromatic nitrogens is 2. The fourth-order valence-corrected chi connectivity index (χ4v) is 4.04. The van der Waals surface area contributed by atoms with Crippen LogP contribution in [0.25, 0.3) is 10.9 Å². The maximum atomic E-state index is 13.1. The van der Waals surface area contributed by atoms with Gasteiger partial charge in [0.25, 0.3) is 5.56 Å². The number of thioether (sulfide) groups is 1. The highest BCUT2D eigenvalue weighted by Crippen LogP contribution is 2.21. The molecule has 0 radical (unpaired) electrons. The van der Waals surface area contributed by atoms with Crippen molar-refractivity contribution in [2.75, 3.05) is 17.7 Å². The van der Waals surface area contributed by atoms with E-state index in [4.69, 9.17) is 16.3 Å². The lowest BCUT2D eigenvalue weighted by molar-refractivity contribution is -0.113. The third kappa shape index (κ3) is 6.32. The molecule has 0 aliphatic rings. The van der Waals surface area contributed by atoms with Crippen molar-refractivity contribution in [3.8, 4) is 0 Å². The third-order valence-electron chi connectivity index (χ3n) is 4.61. The molecule has 3 aromatic rings. The molecule has 1 heterocycles. The number of fused-ring (bicyclic) bond motifs is 1. The smallest absolute Gasteiger partial charge is 0.262 e. The summed E-state index contributed by atoms with van der Waals surface area (Å²) in [4.78, 5) is 30.2. The molecule has 0 aliphatic carbocycles. The van der Waals surface area contributed by atoms with Gasteiger partial charge in [-0.25, -0.2) is 4.98 Å². The number of benzene rings is 2. The number of hydrogen-bond donors (Lipinski definition) is 1. The Morgan fingerprint density at radius 3 is 2.77 bits per heavy atom. The van der Waals surface area contributed by atoms with Crippen LogP contribution in [0, 0.1) is 6.92 Å². The zero-order valence-corrected chi connectivity index (χ0v) is 19.4. The Balaban J connectivity index is 1.80. The highest BCUT2D eigenvalue weighted by Gasteiger charge is 2.14. The lowest BCUT2D eigenvalue weighted by Gasteiger charge is -2.14. The van der Waals surface area contributed by atoms with Crippen LogP contribution >= 0.6 is 23.4 Å². The van der Waals surface area contributed by atoms with Crippen LogP contribution in [0.2, 0.25) is 5.02 Å². The number of aryl methyl sites for hydroxylation is 1. The largest absolute Gasteiger partial charge is 0.379 e. The normalized spacial score (nSPS) is 11.3. The van der Waals surface area contributed by atoms with E-state index in [0.29, 0.717) is 40.7 Å². The van der Waals surface area contributed by atoms with Gasteiger partial charge in [0.05, 0.1) is 22.8 Å². The molecule has 1 aromatic heterocycles. The summed E-state index contributed by atoms with van der Waals surface area (Å²) >= 11 is 7.33. The minimum absolute atomic E-state index is 0.132. The first-order valence-corrected chi connectivity index (χ1v) is 11.5. The molecule has 1 N–H and O–H groups in total. The highest BCUT2D eigenvalue weighted by molar-refractivity contribution is 7.99. The van der Waals surface area contributed by atoms with Crippen LogP contribution in [0.4, 0.5) is 5.69 Å². The molecule has 0 spiro atoms. The van der Waals surface area contributed by atoms with Crippen molar-refractivity contribution < 1.29 is 9.53 Å². The average Bonchev–Trinajstić information content (AvgIpc) is 2.72. The van der Waals surface area contributed by atoms with Crippen LogP contribution in [0.1, 0.15) is 25.8 Å². The molecule has 8 heteroatoms. The number of ether oxygens (including phenoxy) is 1. The van der Waals surface area contributed by atoms with Gasteiger partial charge in [0.15, 0.2) is 5.16 Å². The van der Waals surface area contributed by atoms with Gasteiger partial charge in [0.2, 0.25) is 5.91 Å². The number of carbonyl (C=O) groups is 1. The summed E-state index contributed by atoms with van der Waals surface area (Å²) in [6.07, 6.45) is 0.800. The zero-order valence-electron chi connectivity index (χ0n) is 17.9. The van der Waals surface area contributed by atoms with Crippen molar-refractivity contribution in [1.29, 1.82) is 0 Å². The number of para-hydroxylation sites is 1. The van der Waals surface area contributed by atoms with E-state index in [1.54, 1.807) is 22.8 Å². The molecular formula is C23H26ClN3O3S. The minimum atomic E-state index is -0.158. The summed E-state index contributed by atoms with van der Waals surface area (Å²) in [5.74, 6) is -0.0237. The van der Waals surface area contributed by atoms with Crippen molar-refractivity contribution >= 4 is 45.9 Å². The number of hydrogen-bond acceptors (Lipinski definition) is 5. The minimum Gasteiger partial charge on any atom is -0.379 e. The second-order valence-electron chi connectivity index (χ2n) is 7.44. The van der Waals surface area contributed by atoms with E-state index < -0.39 is 0 Å². The van der Waals surface area contributed by atoms with Crippen molar-refractivity contribution in [3.63, 3.8) is 0 Å². The van der Waals surface area contributed by atoms with Gasteiger partial charge >= 0.3 is 0 Å². The van der Waals surface area contributed by atoms with Gasteiger partial charge in [0.1, 0.15) is 0 Å². The number of carbonyl (C=O) groups excluding carboxylic acids is 1. The Morgan fingerprint density at radius 1 is 1.26 bits per heavy atom. The standard InChI is InChI=1S/C23H26ClN3O3S/c1-15(2)30-12-6-11-27-22(29)18-10-9-17(24)13-20(18)26-23(27)31-14-21(28)25-19-8-5-4-7-16(19)3/h4-5,7-10,13,15H,6,11-12,14H2,1-3H3,(H,25,28). The number of amides is 1. The molecule has 0 saturated heterocycles. The maximum absolute atomic E-state index is 13.1.